The number of aliphatic carboxylic acids is 1. The van der Waals surface area contributed by atoms with Gasteiger partial charge < -0.3 is 15.2 Å². The van der Waals surface area contributed by atoms with E-state index in [-0.39, 0.29) is 17.1 Å². The summed E-state index contributed by atoms with van der Waals surface area (Å²) in [7, 11) is -2.18. The zero-order chi connectivity index (χ0) is 20.0. The molecule has 7 nitrogen and oxygen atoms in total. The van der Waals surface area contributed by atoms with Crippen molar-refractivity contribution in [1.29, 1.82) is 0 Å². The van der Waals surface area contributed by atoms with Crippen LogP contribution >= 0.6 is 0 Å². The molecule has 2 rings (SSSR count). The highest BCUT2D eigenvalue weighted by molar-refractivity contribution is 7.91. The molecule has 0 aliphatic carbocycles. The minimum absolute atomic E-state index is 0.106. The van der Waals surface area contributed by atoms with Gasteiger partial charge in [0.05, 0.1) is 24.2 Å². The Morgan fingerprint density at radius 1 is 1.11 bits per heavy atom. The lowest BCUT2D eigenvalue weighted by Crippen LogP contribution is -2.27. The van der Waals surface area contributed by atoms with Gasteiger partial charge in [0.15, 0.2) is 9.84 Å². The van der Waals surface area contributed by atoms with Crippen molar-refractivity contribution in [3.8, 4) is 5.75 Å². The van der Waals surface area contributed by atoms with E-state index in [0.29, 0.717) is 17.0 Å². The molecule has 0 bridgehead atoms. The lowest BCUT2D eigenvalue weighted by Gasteiger charge is -2.15. The van der Waals surface area contributed by atoms with Crippen molar-refractivity contribution in [3.05, 3.63) is 54.1 Å². The fourth-order valence-electron chi connectivity index (χ4n) is 2.50. The van der Waals surface area contributed by atoms with E-state index in [0.717, 1.165) is 0 Å². The van der Waals surface area contributed by atoms with Crippen LogP contribution in [0.2, 0.25) is 0 Å². The Morgan fingerprint density at radius 2 is 1.74 bits per heavy atom. The first kappa shape index (κ1) is 20.4. The average Bonchev–Trinajstić information content (AvgIpc) is 2.62. The quantitative estimate of drug-likeness (QED) is 0.715. The van der Waals surface area contributed by atoms with Crippen molar-refractivity contribution in [1.82, 2.24) is 0 Å². The summed E-state index contributed by atoms with van der Waals surface area (Å²) < 4.78 is 30.0. The minimum Gasteiger partial charge on any atom is -0.497 e. The Bertz CT molecular complexity index is 921. The first-order valence-corrected chi connectivity index (χ1v) is 9.85. The number of methoxy groups -OCH3 is 1. The van der Waals surface area contributed by atoms with E-state index >= 15 is 0 Å². The molecule has 0 radical (unpaired) electrons. The number of carboxylic acids is 1. The number of carbonyl (C=O) groups excluding carboxylic acids is 1. The van der Waals surface area contributed by atoms with E-state index in [1.54, 1.807) is 36.4 Å². The van der Waals surface area contributed by atoms with Crippen molar-refractivity contribution in [2.24, 2.45) is 5.92 Å². The molecule has 2 N–H and O–H groups in total. The highest BCUT2D eigenvalue weighted by Crippen LogP contribution is 2.20. The van der Waals surface area contributed by atoms with Crippen LogP contribution in [0.4, 0.5) is 5.69 Å². The van der Waals surface area contributed by atoms with Crippen LogP contribution in [0.3, 0.4) is 0 Å². The lowest BCUT2D eigenvalue weighted by atomic mass is 10.1. The number of hydrogen-bond donors (Lipinski definition) is 2. The van der Waals surface area contributed by atoms with E-state index in [4.69, 9.17) is 9.84 Å². The van der Waals surface area contributed by atoms with Gasteiger partial charge >= 0.3 is 5.97 Å². The smallest absolute Gasteiger partial charge is 0.307 e. The van der Waals surface area contributed by atoms with Gasteiger partial charge in [-0.25, -0.2) is 8.42 Å². The third kappa shape index (κ3) is 5.55. The van der Waals surface area contributed by atoms with Gasteiger partial charge in [-0.1, -0.05) is 25.1 Å². The highest BCUT2D eigenvalue weighted by atomic mass is 32.2. The maximum atomic E-state index is 12.5. The van der Waals surface area contributed by atoms with Crippen LogP contribution in [0.25, 0.3) is 0 Å². The van der Waals surface area contributed by atoms with Crippen molar-refractivity contribution in [2.45, 2.75) is 18.2 Å². The van der Waals surface area contributed by atoms with Gasteiger partial charge in [-0.2, -0.15) is 0 Å². The van der Waals surface area contributed by atoms with Crippen LogP contribution in [0, 0.1) is 5.92 Å². The van der Waals surface area contributed by atoms with Crippen LogP contribution in [-0.2, 0) is 25.8 Å². The third-order valence-corrected chi connectivity index (χ3v) is 5.88. The van der Waals surface area contributed by atoms with Crippen LogP contribution < -0.4 is 10.1 Å². The number of anilines is 1. The monoisotopic (exact) mass is 391 g/mol. The van der Waals surface area contributed by atoms with Crippen molar-refractivity contribution in [3.63, 3.8) is 0 Å². The van der Waals surface area contributed by atoms with Crippen LogP contribution in [0.5, 0.6) is 5.75 Å². The molecule has 0 spiro atoms. The number of amides is 1. The summed E-state index contributed by atoms with van der Waals surface area (Å²) >= 11 is 0. The van der Waals surface area contributed by atoms with Gasteiger partial charge in [0.2, 0.25) is 5.91 Å². The van der Waals surface area contributed by atoms with Crippen LogP contribution in [0.1, 0.15) is 12.5 Å². The molecule has 2 aromatic rings. The maximum absolute atomic E-state index is 12.5. The third-order valence-electron chi connectivity index (χ3n) is 3.95. The molecule has 0 saturated carbocycles. The molecular weight excluding hydrogens is 370 g/mol. The number of rotatable bonds is 8. The van der Waals surface area contributed by atoms with Gasteiger partial charge in [-0.05, 0) is 35.9 Å². The van der Waals surface area contributed by atoms with Crippen molar-refractivity contribution < 1.29 is 27.9 Å². The summed E-state index contributed by atoms with van der Waals surface area (Å²) in [5, 5.41) is 11.6. The Kier molecular flexibility index (Phi) is 6.57. The topological polar surface area (TPSA) is 110 Å². The van der Waals surface area contributed by atoms with Crippen molar-refractivity contribution in [2.75, 3.05) is 18.2 Å². The molecule has 27 heavy (non-hydrogen) atoms. The number of para-hydroxylation sites is 1. The Morgan fingerprint density at radius 3 is 2.33 bits per heavy atom. The number of sulfone groups is 1. The Hall–Kier alpha value is -2.87. The summed E-state index contributed by atoms with van der Waals surface area (Å²) in [4.78, 5) is 23.5. The summed E-state index contributed by atoms with van der Waals surface area (Å²) in [5.41, 5.74) is 0.808. The molecule has 0 aliphatic rings. The highest BCUT2D eigenvalue weighted by Gasteiger charge is 2.24. The molecule has 0 aliphatic heterocycles. The number of hydrogen-bond acceptors (Lipinski definition) is 5. The first-order chi connectivity index (χ1) is 12.7. The number of nitrogens with one attached hydrogen (secondary N) is 1. The lowest BCUT2D eigenvalue weighted by molar-refractivity contribution is -0.136. The molecule has 144 valence electrons. The van der Waals surface area contributed by atoms with Gasteiger partial charge in [0, 0.05) is 11.6 Å². The standard InChI is InChI=1S/C19H21NO6S/c1-13(12-27(24,25)16-9-7-15(26-2)8-10-16)19(23)20-17-6-4-3-5-14(17)11-18(21)22/h3-10,13H,11-12H2,1-2H3,(H,20,23)(H,21,22). The number of carboxylic acid groups (broad SMARTS) is 1. The van der Waals surface area contributed by atoms with Gasteiger partial charge in [-0.3, -0.25) is 9.59 Å². The molecule has 1 unspecified atom stereocenters. The zero-order valence-corrected chi connectivity index (χ0v) is 15.8. The molecule has 2 aromatic carbocycles. The second kappa shape index (κ2) is 8.68. The van der Waals surface area contributed by atoms with Gasteiger partial charge in [-0.15, -0.1) is 0 Å². The average molecular weight is 391 g/mol. The zero-order valence-electron chi connectivity index (χ0n) is 15.0. The van der Waals surface area contributed by atoms with Gasteiger partial charge in [0.1, 0.15) is 5.75 Å². The summed E-state index contributed by atoms with van der Waals surface area (Å²) in [6.45, 7) is 1.51. The minimum atomic E-state index is -3.66. The maximum Gasteiger partial charge on any atom is 0.307 e. The van der Waals surface area contributed by atoms with E-state index in [9.17, 15) is 18.0 Å². The predicted octanol–water partition coefficient (Wildman–Crippen LogP) is 2.37. The predicted molar refractivity (Wildman–Crippen MR) is 101 cm³/mol. The van der Waals surface area contributed by atoms with Gasteiger partial charge in [0.25, 0.3) is 0 Å². The second-order valence-corrected chi connectivity index (χ2v) is 8.11. The van der Waals surface area contributed by atoms with Crippen LogP contribution in [0.15, 0.2) is 53.4 Å². The number of ether oxygens (including phenoxy) is 1. The van der Waals surface area contributed by atoms with Crippen LogP contribution in [-0.4, -0.2) is 38.3 Å². The van der Waals surface area contributed by atoms with E-state index in [1.807, 2.05) is 0 Å². The molecule has 0 heterocycles. The summed E-state index contributed by atoms with van der Waals surface area (Å²) in [6, 6.07) is 12.5. The van der Waals surface area contributed by atoms with E-state index in [2.05, 4.69) is 5.32 Å². The number of carbonyl (C=O) groups is 2. The molecule has 1 atom stereocenters. The normalized spacial score (nSPS) is 12.2. The summed E-state index contributed by atoms with van der Waals surface area (Å²) in [6.07, 6.45) is -0.241. The largest absolute Gasteiger partial charge is 0.497 e. The molecule has 1 amide bonds. The first-order valence-electron chi connectivity index (χ1n) is 8.20. The fourth-order valence-corrected chi connectivity index (χ4v) is 4.05. The molecule has 0 saturated heterocycles. The molecule has 0 aromatic heterocycles. The van der Waals surface area contributed by atoms with Crippen molar-refractivity contribution >= 4 is 27.4 Å². The summed E-state index contributed by atoms with van der Waals surface area (Å²) in [5.74, 6) is -2.17. The Labute approximate surface area is 157 Å². The number of benzene rings is 2. The molecule has 8 heteroatoms. The SMILES string of the molecule is COc1ccc(S(=O)(=O)CC(C)C(=O)Nc2ccccc2CC(=O)O)cc1. The molecule has 0 fully saturated rings. The van der Waals surface area contributed by atoms with E-state index < -0.39 is 27.6 Å². The van der Waals surface area contributed by atoms with E-state index in [1.165, 1.54) is 26.2 Å². The second-order valence-electron chi connectivity index (χ2n) is 6.07. The Balaban J connectivity index is 2.10. The molecular formula is C19H21NO6S. The fraction of sp³-hybridized carbons (Fsp3) is 0.263.